The van der Waals surface area contributed by atoms with E-state index in [1.807, 2.05) is 6.92 Å². The predicted octanol–water partition coefficient (Wildman–Crippen LogP) is 2.13. The van der Waals surface area contributed by atoms with Gasteiger partial charge in [-0.1, -0.05) is 11.3 Å². The standard InChI is InChI=1S/C11H11N9S/c1-6-8(16-18-11-17-15-7(2)21-11)9(12)20(19-6)10-13-4-3-5-14-10/h3-5H,12H2,1-2H3/b18-16+. The molecule has 0 saturated heterocycles. The maximum Gasteiger partial charge on any atom is 0.252 e. The summed E-state index contributed by atoms with van der Waals surface area (Å²) in [5.74, 6) is 0.704. The maximum absolute atomic E-state index is 6.04. The summed E-state index contributed by atoms with van der Waals surface area (Å²) in [4.78, 5) is 8.21. The van der Waals surface area contributed by atoms with Crippen LogP contribution in [0.5, 0.6) is 0 Å². The molecule has 0 bridgehead atoms. The molecule has 0 spiro atoms. The molecule has 0 aliphatic heterocycles. The van der Waals surface area contributed by atoms with Crippen molar-refractivity contribution in [1.29, 1.82) is 0 Å². The highest BCUT2D eigenvalue weighted by atomic mass is 32.1. The SMILES string of the molecule is Cc1nnc(/N=N/c2c(C)nn(-c3ncccn3)c2N)s1. The van der Waals surface area contributed by atoms with Gasteiger partial charge in [-0.3, -0.25) is 0 Å². The first-order valence-electron chi connectivity index (χ1n) is 5.99. The lowest BCUT2D eigenvalue weighted by molar-refractivity contribution is 0.805. The highest BCUT2D eigenvalue weighted by molar-refractivity contribution is 7.14. The molecule has 10 heteroatoms. The summed E-state index contributed by atoms with van der Waals surface area (Å²) in [6.45, 7) is 3.64. The number of nitrogens with two attached hydrogens (primary N) is 1. The van der Waals surface area contributed by atoms with Gasteiger partial charge in [0.05, 0.1) is 5.69 Å². The molecule has 0 radical (unpaired) electrons. The Labute approximate surface area is 123 Å². The second-order valence-corrected chi connectivity index (χ2v) is 5.24. The van der Waals surface area contributed by atoms with E-state index in [9.17, 15) is 0 Å². The van der Waals surface area contributed by atoms with Gasteiger partial charge < -0.3 is 5.73 Å². The monoisotopic (exact) mass is 301 g/mol. The molecule has 21 heavy (non-hydrogen) atoms. The molecule has 0 aromatic carbocycles. The van der Waals surface area contributed by atoms with Crippen molar-refractivity contribution in [2.45, 2.75) is 13.8 Å². The molecule has 3 aromatic rings. The third-order valence-corrected chi connectivity index (χ3v) is 3.28. The highest BCUT2D eigenvalue weighted by Crippen LogP contribution is 2.30. The molecule has 0 unspecified atom stereocenters. The lowest BCUT2D eigenvalue weighted by Crippen LogP contribution is -2.05. The summed E-state index contributed by atoms with van der Waals surface area (Å²) in [5, 5.41) is 21.4. The van der Waals surface area contributed by atoms with Gasteiger partial charge in [0.2, 0.25) is 0 Å². The van der Waals surface area contributed by atoms with Gasteiger partial charge in [0.1, 0.15) is 5.01 Å². The highest BCUT2D eigenvalue weighted by Gasteiger charge is 2.15. The Hall–Kier alpha value is -2.75. The molecule has 9 nitrogen and oxygen atoms in total. The van der Waals surface area contributed by atoms with E-state index < -0.39 is 0 Å². The molecule has 0 saturated carbocycles. The van der Waals surface area contributed by atoms with Crippen LogP contribution in [0.3, 0.4) is 0 Å². The Morgan fingerprint density at radius 3 is 2.57 bits per heavy atom. The molecule has 0 amide bonds. The lowest BCUT2D eigenvalue weighted by atomic mass is 10.4. The van der Waals surface area contributed by atoms with Crippen LogP contribution < -0.4 is 5.73 Å². The van der Waals surface area contributed by atoms with Crippen molar-refractivity contribution in [2.24, 2.45) is 10.2 Å². The van der Waals surface area contributed by atoms with Crippen LogP contribution in [0.4, 0.5) is 16.6 Å². The van der Waals surface area contributed by atoms with Crippen molar-refractivity contribution in [1.82, 2.24) is 29.9 Å². The molecular weight excluding hydrogens is 290 g/mol. The number of aryl methyl sites for hydroxylation is 2. The number of anilines is 1. The molecule has 2 N–H and O–H groups in total. The van der Waals surface area contributed by atoms with Crippen molar-refractivity contribution in [3.63, 3.8) is 0 Å². The predicted molar refractivity (Wildman–Crippen MR) is 77.1 cm³/mol. The van der Waals surface area contributed by atoms with Gasteiger partial charge in [-0.15, -0.1) is 20.4 Å². The summed E-state index contributed by atoms with van der Waals surface area (Å²) in [7, 11) is 0. The van der Waals surface area contributed by atoms with E-state index in [1.165, 1.54) is 16.0 Å². The van der Waals surface area contributed by atoms with Crippen molar-refractivity contribution >= 4 is 28.0 Å². The Morgan fingerprint density at radius 1 is 1.14 bits per heavy atom. The summed E-state index contributed by atoms with van der Waals surface area (Å²) in [5.41, 5.74) is 7.14. The first-order chi connectivity index (χ1) is 10.1. The van der Waals surface area contributed by atoms with Crippen molar-refractivity contribution in [3.8, 4) is 5.95 Å². The molecule has 3 heterocycles. The Bertz CT molecular complexity index is 789. The number of rotatable bonds is 3. The van der Waals surface area contributed by atoms with Gasteiger partial charge in [0.25, 0.3) is 11.1 Å². The molecule has 0 aliphatic rings. The molecule has 3 aromatic heterocycles. The van der Waals surface area contributed by atoms with Crippen LogP contribution in [0.1, 0.15) is 10.7 Å². The van der Waals surface area contributed by atoms with Gasteiger partial charge >= 0.3 is 0 Å². The smallest absolute Gasteiger partial charge is 0.252 e. The number of nitrogens with zero attached hydrogens (tertiary/aromatic N) is 8. The van der Waals surface area contributed by atoms with Crippen molar-refractivity contribution < 1.29 is 0 Å². The fraction of sp³-hybridized carbons (Fsp3) is 0.182. The first kappa shape index (κ1) is 13.2. The van der Waals surface area contributed by atoms with Crippen LogP contribution in [0.15, 0.2) is 28.7 Å². The quantitative estimate of drug-likeness (QED) is 0.740. The first-order valence-corrected chi connectivity index (χ1v) is 6.81. The minimum Gasteiger partial charge on any atom is -0.382 e. The van der Waals surface area contributed by atoms with Gasteiger partial charge in [0, 0.05) is 12.4 Å². The van der Waals surface area contributed by atoms with E-state index in [2.05, 4.69) is 35.5 Å². The summed E-state index contributed by atoms with van der Waals surface area (Å²) < 4.78 is 1.43. The van der Waals surface area contributed by atoms with E-state index in [0.29, 0.717) is 28.3 Å². The Morgan fingerprint density at radius 2 is 1.90 bits per heavy atom. The number of hydrogen-bond donors (Lipinski definition) is 1. The number of aromatic nitrogens is 6. The largest absolute Gasteiger partial charge is 0.382 e. The second-order valence-electron chi connectivity index (χ2n) is 4.08. The average molecular weight is 301 g/mol. The van der Waals surface area contributed by atoms with Crippen molar-refractivity contribution in [3.05, 3.63) is 29.2 Å². The van der Waals surface area contributed by atoms with Gasteiger partial charge in [-0.25, -0.2) is 9.97 Å². The zero-order valence-electron chi connectivity index (χ0n) is 11.3. The van der Waals surface area contributed by atoms with Crippen molar-refractivity contribution in [2.75, 3.05) is 5.73 Å². The zero-order valence-corrected chi connectivity index (χ0v) is 12.1. The molecular formula is C11H11N9S. The maximum atomic E-state index is 6.04. The van der Waals surface area contributed by atoms with Crippen LogP contribution in [-0.2, 0) is 0 Å². The number of azo groups is 1. The minimum atomic E-state index is 0.323. The molecule has 106 valence electrons. The van der Waals surface area contributed by atoms with E-state index in [4.69, 9.17) is 5.73 Å². The zero-order chi connectivity index (χ0) is 14.8. The van der Waals surface area contributed by atoms with Gasteiger partial charge in [0.15, 0.2) is 11.5 Å². The summed E-state index contributed by atoms with van der Waals surface area (Å²) in [6.07, 6.45) is 3.23. The fourth-order valence-corrected chi connectivity index (χ4v) is 2.14. The summed E-state index contributed by atoms with van der Waals surface area (Å²) in [6, 6.07) is 1.72. The van der Waals surface area contributed by atoms with Gasteiger partial charge in [-0.2, -0.15) is 9.78 Å². The van der Waals surface area contributed by atoms with Crippen LogP contribution >= 0.6 is 11.3 Å². The van der Waals surface area contributed by atoms with E-state index in [1.54, 1.807) is 25.4 Å². The molecule has 0 atom stereocenters. The lowest BCUT2D eigenvalue weighted by Gasteiger charge is -1.99. The molecule has 3 rings (SSSR count). The third-order valence-electron chi connectivity index (χ3n) is 2.56. The van der Waals surface area contributed by atoms with E-state index in [-0.39, 0.29) is 0 Å². The Balaban J connectivity index is 1.97. The fourth-order valence-electron chi connectivity index (χ4n) is 1.63. The number of hydrogen-bond acceptors (Lipinski definition) is 9. The normalized spacial score (nSPS) is 11.3. The van der Waals surface area contributed by atoms with E-state index in [0.717, 1.165) is 5.01 Å². The topological polar surface area (TPSA) is 120 Å². The van der Waals surface area contributed by atoms with Crippen LogP contribution in [0, 0.1) is 13.8 Å². The molecule has 0 aliphatic carbocycles. The summed E-state index contributed by atoms with van der Waals surface area (Å²) >= 11 is 1.35. The van der Waals surface area contributed by atoms with Crippen LogP contribution in [0.25, 0.3) is 5.95 Å². The second kappa shape index (κ2) is 5.32. The number of nitrogen functional groups attached to an aromatic ring is 1. The van der Waals surface area contributed by atoms with Gasteiger partial charge in [-0.05, 0) is 19.9 Å². The van der Waals surface area contributed by atoms with Crippen LogP contribution in [-0.4, -0.2) is 29.9 Å². The van der Waals surface area contributed by atoms with E-state index >= 15 is 0 Å². The van der Waals surface area contributed by atoms with Crippen LogP contribution in [0.2, 0.25) is 0 Å². The average Bonchev–Trinajstić information content (AvgIpc) is 3.02. The Kier molecular flexibility index (Phi) is 3.36. The third kappa shape index (κ3) is 2.60. The molecule has 0 fully saturated rings. The minimum absolute atomic E-state index is 0.323.